The molecule has 2 aliphatic rings. The Balaban J connectivity index is 1.64. The minimum atomic E-state index is -0.743. The minimum Gasteiger partial charge on any atom is -0.385 e. The van der Waals surface area contributed by atoms with E-state index in [0.717, 1.165) is 23.5 Å². The summed E-state index contributed by atoms with van der Waals surface area (Å²) in [5.74, 6) is -0.504. The second-order valence-corrected chi connectivity index (χ2v) is 12.8. The molecule has 1 aromatic carbocycles. The highest BCUT2D eigenvalue weighted by molar-refractivity contribution is 7.99. The zero-order chi connectivity index (χ0) is 31.8. The molecule has 2 aliphatic heterocycles. The average molecular weight is 632 g/mol. The van der Waals surface area contributed by atoms with Gasteiger partial charge in [0.2, 0.25) is 5.91 Å². The largest absolute Gasteiger partial charge is 0.385 e. The van der Waals surface area contributed by atoms with E-state index in [0.29, 0.717) is 48.6 Å². The highest BCUT2D eigenvalue weighted by Gasteiger charge is 2.30. The minimum absolute atomic E-state index is 0.0136. The van der Waals surface area contributed by atoms with Gasteiger partial charge in [0.1, 0.15) is 23.1 Å². The molecule has 4 aromatic rings. The SMILES string of the molecule is C=CC(=O)N1CCN(c2nc(=O)n3c4nc(c(F)cc24)-c2cc(ccc2F)NCCCCSc2cnc(C(C)C)c-3c2)[C@@H](C)C1. The second kappa shape index (κ2) is 12.6. The maximum absolute atomic E-state index is 16.1. The summed E-state index contributed by atoms with van der Waals surface area (Å²) >= 11 is 1.65. The summed E-state index contributed by atoms with van der Waals surface area (Å²) < 4.78 is 32.8. The summed E-state index contributed by atoms with van der Waals surface area (Å²) in [5.41, 5.74) is 1.13. The van der Waals surface area contributed by atoms with Gasteiger partial charge in [-0.05, 0) is 67.8 Å². The summed E-state index contributed by atoms with van der Waals surface area (Å²) in [5, 5.41) is 3.60. The number of pyridine rings is 2. The molecule has 6 rings (SSSR count). The lowest BCUT2D eigenvalue weighted by molar-refractivity contribution is -0.126. The Kier molecular flexibility index (Phi) is 8.59. The van der Waals surface area contributed by atoms with Gasteiger partial charge >= 0.3 is 5.69 Å². The number of nitrogens with one attached hydrogen (secondary N) is 1. The third kappa shape index (κ3) is 5.90. The molecule has 234 valence electrons. The van der Waals surface area contributed by atoms with Gasteiger partial charge in [-0.1, -0.05) is 20.4 Å². The number of rotatable bonds is 3. The molecule has 12 heteroatoms. The Morgan fingerprint density at radius 2 is 1.96 bits per heavy atom. The fourth-order valence-electron chi connectivity index (χ4n) is 5.95. The van der Waals surface area contributed by atoms with Crippen molar-refractivity contribution in [1.29, 1.82) is 0 Å². The molecule has 1 atom stereocenters. The van der Waals surface area contributed by atoms with Crippen LogP contribution in [-0.2, 0) is 4.79 Å². The van der Waals surface area contributed by atoms with E-state index in [1.165, 1.54) is 22.8 Å². The average Bonchev–Trinajstić information content (AvgIpc) is 3.02. The molecule has 6 bridgehead atoms. The Hall–Kier alpha value is -4.32. The van der Waals surface area contributed by atoms with Crippen molar-refractivity contribution in [2.75, 3.05) is 42.1 Å². The fourth-order valence-corrected chi connectivity index (χ4v) is 6.85. The van der Waals surface area contributed by atoms with Crippen molar-refractivity contribution < 1.29 is 13.6 Å². The van der Waals surface area contributed by atoms with Crippen LogP contribution in [0.5, 0.6) is 0 Å². The van der Waals surface area contributed by atoms with Crippen LogP contribution < -0.4 is 15.9 Å². The standard InChI is InChI=1S/C33H35F2N7O2S/c1-5-28(43)40-11-12-41(20(4)18-40)31-24-16-26(35)30-23-14-21(8-9-25(23)34)36-10-6-7-13-45-22-15-27(29(19(2)3)37-17-22)42(32(24)38-30)33(44)39-31/h5,8-9,14-17,19-20,36H,1,6-7,10-13,18H2,2-4H3/t20-/m0/s1. The number of benzene rings is 1. The maximum Gasteiger partial charge on any atom is 0.355 e. The first-order valence-electron chi connectivity index (χ1n) is 15.1. The summed E-state index contributed by atoms with van der Waals surface area (Å²) in [7, 11) is 0. The van der Waals surface area contributed by atoms with Crippen LogP contribution in [0.3, 0.4) is 0 Å². The zero-order valence-corrected chi connectivity index (χ0v) is 26.3. The maximum atomic E-state index is 16.1. The number of anilines is 2. The second-order valence-electron chi connectivity index (χ2n) is 11.7. The lowest BCUT2D eigenvalue weighted by Crippen LogP contribution is -2.54. The molecule has 45 heavy (non-hydrogen) atoms. The van der Waals surface area contributed by atoms with Gasteiger partial charge < -0.3 is 15.1 Å². The Morgan fingerprint density at radius 3 is 2.71 bits per heavy atom. The van der Waals surface area contributed by atoms with E-state index in [1.807, 2.05) is 37.9 Å². The van der Waals surface area contributed by atoms with Gasteiger partial charge in [0, 0.05) is 54.6 Å². The van der Waals surface area contributed by atoms with E-state index in [2.05, 4.69) is 16.9 Å². The molecule has 0 unspecified atom stereocenters. The lowest BCUT2D eigenvalue weighted by Gasteiger charge is -2.40. The normalized spacial score (nSPS) is 17.1. The molecule has 1 N–H and O–H groups in total. The number of thioether (sulfide) groups is 1. The van der Waals surface area contributed by atoms with Gasteiger partial charge in [-0.2, -0.15) is 4.98 Å². The summed E-state index contributed by atoms with van der Waals surface area (Å²) in [6.07, 6.45) is 4.89. The number of hydrogen-bond acceptors (Lipinski definition) is 8. The van der Waals surface area contributed by atoms with Crippen LogP contribution in [0.1, 0.15) is 45.2 Å². The molecular weight excluding hydrogens is 596 g/mol. The zero-order valence-electron chi connectivity index (χ0n) is 25.5. The van der Waals surface area contributed by atoms with Crippen molar-refractivity contribution in [2.24, 2.45) is 0 Å². The van der Waals surface area contributed by atoms with Crippen LogP contribution in [0.15, 0.2) is 58.9 Å². The van der Waals surface area contributed by atoms with Gasteiger partial charge in [0.05, 0.1) is 16.8 Å². The van der Waals surface area contributed by atoms with Crippen molar-refractivity contribution in [3.8, 4) is 16.9 Å². The third-order valence-corrected chi connectivity index (χ3v) is 9.29. The Morgan fingerprint density at radius 1 is 1.13 bits per heavy atom. The van der Waals surface area contributed by atoms with Crippen LogP contribution in [0.4, 0.5) is 20.3 Å². The van der Waals surface area contributed by atoms with Gasteiger partial charge in [-0.15, -0.1) is 11.8 Å². The molecular formula is C33H35F2N7O2S. The van der Waals surface area contributed by atoms with Gasteiger partial charge in [0.15, 0.2) is 5.65 Å². The van der Waals surface area contributed by atoms with Gasteiger partial charge in [0.25, 0.3) is 0 Å². The number of amides is 1. The number of nitrogens with zero attached hydrogens (tertiary/aromatic N) is 6. The van der Waals surface area contributed by atoms with Crippen LogP contribution in [0.25, 0.3) is 28.0 Å². The molecule has 3 aromatic heterocycles. The highest BCUT2D eigenvalue weighted by Crippen LogP contribution is 2.35. The number of carbonyl (C=O) groups excluding carboxylic acids is 1. The number of piperazine rings is 1. The molecule has 9 nitrogen and oxygen atoms in total. The summed E-state index contributed by atoms with van der Waals surface area (Å²) in [6, 6.07) is 7.42. The fraction of sp³-hybridized carbons (Fsp3) is 0.364. The molecule has 5 heterocycles. The number of halogens is 2. The molecule has 0 spiro atoms. The monoisotopic (exact) mass is 631 g/mol. The van der Waals surface area contributed by atoms with Crippen LogP contribution >= 0.6 is 11.8 Å². The Labute approximate surface area is 264 Å². The van der Waals surface area contributed by atoms with E-state index < -0.39 is 17.3 Å². The molecule has 0 aliphatic carbocycles. The molecule has 1 amide bonds. The first kappa shape index (κ1) is 30.7. The van der Waals surface area contributed by atoms with E-state index in [1.54, 1.807) is 28.8 Å². The van der Waals surface area contributed by atoms with E-state index in [4.69, 9.17) is 9.97 Å². The van der Waals surface area contributed by atoms with Crippen LogP contribution in [0, 0.1) is 11.6 Å². The predicted octanol–water partition coefficient (Wildman–Crippen LogP) is 5.77. The third-order valence-electron chi connectivity index (χ3n) is 8.24. The molecule has 0 saturated carbocycles. The first-order chi connectivity index (χ1) is 21.7. The quantitative estimate of drug-likeness (QED) is 0.285. The van der Waals surface area contributed by atoms with E-state index in [9.17, 15) is 9.59 Å². The Bertz CT molecular complexity index is 1860. The van der Waals surface area contributed by atoms with Gasteiger partial charge in [-0.3, -0.25) is 9.78 Å². The van der Waals surface area contributed by atoms with Crippen molar-refractivity contribution in [1.82, 2.24) is 24.4 Å². The number of carbonyl (C=O) groups is 1. The van der Waals surface area contributed by atoms with E-state index >= 15 is 8.78 Å². The molecule has 1 fully saturated rings. The molecule has 0 radical (unpaired) electrons. The topological polar surface area (TPSA) is 96.3 Å². The first-order valence-corrected chi connectivity index (χ1v) is 16.1. The number of hydrogen-bond donors (Lipinski definition) is 1. The smallest absolute Gasteiger partial charge is 0.355 e. The van der Waals surface area contributed by atoms with Crippen LogP contribution in [-0.4, -0.2) is 68.3 Å². The highest BCUT2D eigenvalue weighted by atomic mass is 32.2. The van der Waals surface area contributed by atoms with E-state index in [-0.39, 0.29) is 40.6 Å². The predicted molar refractivity (Wildman–Crippen MR) is 174 cm³/mol. The summed E-state index contributed by atoms with van der Waals surface area (Å²) in [6.45, 7) is 11.3. The van der Waals surface area contributed by atoms with Gasteiger partial charge in [-0.25, -0.2) is 23.1 Å². The van der Waals surface area contributed by atoms with Crippen LogP contribution in [0.2, 0.25) is 0 Å². The summed E-state index contributed by atoms with van der Waals surface area (Å²) in [4.78, 5) is 44.9. The lowest BCUT2D eigenvalue weighted by atomic mass is 10.1. The number of fused-ring (bicyclic) bond motifs is 7. The van der Waals surface area contributed by atoms with Crippen molar-refractivity contribution >= 4 is 40.2 Å². The van der Waals surface area contributed by atoms with Crippen molar-refractivity contribution in [3.63, 3.8) is 0 Å². The van der Waals surface area contributed by atoms with Crippen molar-refractivity contribution in [3.05, 3.63) is 77.0 Å². The van der Waals surface area contributed by atoms with Crippen molar-refractivity contribution in [2.45, 2.75) is 50.5 Å². The molecule has 1 saturated heterocycles. The number of aromatic nitrogens is 4.